The topological polar surface area (TPSA) is 29.5 Å². The van der Waals surface area contributed by atoms with Crippen LogP contribution in [0.15, 0.2) is 43.0 Å². The third-order valence-corrected chi connectivity index (χ3v) is 3.72. The van der Waals surface area contributed by atoms with Crippen LogP contribution < -0.4 is 4.74 Å². The quantitative estimate of drug-likeness (QED) is 0.771. The molecule has 1 aromatic rings. The summed E-state index contributed by atoms with van der Waals surface area (Å²) in [4.78, 5) is 13.9. The zero-order valence-electron chi connectivity index (χ0n) is 11.4. The van der Waals surface area contributed by atoms with Crippen LogP contribution in [0.4, 0.5) is 4.79 Å². The molecule has 2 atom stereocenters. The zero-order chi connectivity index (χ0) is 13.7. The van der Waals surface area contributed by atoms with E-state index in [1.54, 1.807) is 12.1 Å². The lowest BCUT2D eigenvalue weighted by atomic mass is 9.93. The van der Waals surface area contributed by atoms with Gasteiger partial charge in [0.05, 0.1) is 0 Å². The second kappa shape index (κ2) is 6.41. The van der Waals surface area contributed by atoms with Crippen LogP contribution in [0.3, 0.4) is 0 Å². The van der Waals surface area contributed by atoms with Gasteiger partial charge in [-0.25, -0.2) is 4.79 Å². The average molecular weight is 259 g/mol. The van der Waals surface area contributed by atoms with Crippen LogP contribution in [0.2, 0.25) is 0 Å². The van der Waals surface area contributed by atoms with Gasteiger partial charge in [0.25, 0.3) is 0 Å². The molecule has 102 valence electrons. The molecule has 19 heavy (non-hydrogen) atoms. The Hall–Kier alpha value is -1.77. The first-order valence-corrected chi connectivity index (χ1v) is 6.83. The molecule has 3 nitrogen and oxygen atoms in total. The molecule has 0 aromatic heterocycles. The number of carbonyl (C=O) groups excluding carboxylic acids is 1. The molecule has 1 heterocycles. The van der Waals surface area contributed by atoms with Gasteiger partial charge in [-0.2, -0.15) is 0 Å². The Labute approximate surface area is 114 Å². The molecule has 1 aromatic carbocycles. The van der Waals surface area contributed by atoms with E-state index < -0.39 is 0 Å². The molecule has 2 rings (SSSR count). The third-order valence-electron chi connectivity index (χ3n) is 3.72. The van der Waals surface area contributed by atoms with Crippen molar-refractivity contribution in [2.45, 2.75) is 19.8 Å². The van der Waals surface area contributed by atoms with E-state index in [2.05, 4.69) is 13.5 Å². The third kappa shape index (κ3) is 3.60. The summed E-state index contributed by atoms with van der Waals surface area (Å²) in [6.07, 6.45) is 3.81. The Kier molecular flexibility index (Phi) is 4.61. The minimum absolute atomic E-state index is 0.237. The molecule has 1 aliphatic heterocycles. The van der Waals surface area contributed by atoms with Gasteiger partial charge in [0.1, 0.15) is 5.75 Å². The summed E-state index contributed by atoms with van der Waals surface area (Å²) in [6.45, 7) is 7.53. The Morgan fingerprint density at radius 3 is 2.84 bits per heavy atom. The minimum Gasteiger partial charge on any atom is -0.410 e. The first-order chi connectivity index (χ1) is 9.20. The number of nitrogens with zero attached hydrogens (tertiary/aromatic N) is 1. The van der Waals surface area contributed by atoms with Gasteiger partial charge in [0.2, 0.25) is 0 Å². The van der Waals surface area contributed by atoms with Crippen molar-refractivity contribution >= 4 is 6.09 Å². The molecule has 0 bridgehead atoms. The van der Waals surface area contributed by atoms with E-state index >= 15 is 0 Å². The van der Waals surface area contributed by atoms with Crippen LogP contribution in [0.5, 0.6) is 5.75 Å². The normalized spacial score (nSPS) is 22.3. The molecule has 1 amide bonds. The van der Waals surface area contributed by atoms with Gasteiger partial charge < -0.3 is 9.64 Å². The fourth-order valence-corrected chi connectivity index (χ4v) is 2.54. The molecular formula is C16H21NO2. The lowest BCUT2D eigenvalue weighted by Crippen LogP contribution is -2.31. The lowest BCUT2D eigenvalue weighted by molar-refractivity contribution is 0.160. The van der Waals surface area contributed by atoms with Gasteiger partial charge in [-0.15, -0.1) is 6.58 Å². The number of carbonyl (C=O) groups is 1. The van der Waals surface area contributed by atoms with E-state index in [4.69, 9.17) is 4.74 Å². The smallest absolute Gasteiger partial charge is 0.410 e. The summed E-state index contributed by atoms with van der Waals surface area (Å²) in [7, 11) is 0. The van der Waals surface area contributed by atoms with E-state index in [0.29, 0.717) is 17.6 Å². The molecule has 1 saturated heterocycles. The van der Waals surface area contributed by atoms with Crippen LogP contribution in [0, 0.1) is 11.8 Å². The highest BCUT2D eigenvalue weighted by Gasteiger charge is 2.32. The number of hydrogen-bond donors (Lipinski definition) is 0. The predicted molar refractivity (Wildman–Crippen MR) is 76.1 cm³/mol. The van der Waals surface area contributed by atoms with Gasteiger partial charge in [0.15, 0.2) is 0 Å². The standard InChI is InChI=1S/C16H21NO2/c1-3-4-8-14-12-17(11-13(14)2)16(18)19-15-9-6-5-7-10-15/h3,5-7,9-10,13-14H,1,4,8,11-12H2,2H3/t13-,14-/m1/s1. The molecule has 1 aliphatic rings. The monoisotopic (exact) mass is 259 g/mol. The maximum atomic E-state index is 12.1. The average Bonchev–Trinajstić information content (AvgIpc) is 2.79. The summed E-state index contributed by atoms with van der Waals surface area (Å²) >= 11 is 0. The Morgan fingerprint density at radius 1 is 1.42 bits per heavy atom. The van der Waals surface area contributed by atoms with Crippen LogP contribution in [-0.2, 0) is 0 Å². The van der Waals surface area contributed by atoms with Crippen molar-refractivity contribution in [2.24, 2.45) is 11.8 Å². The Balaban J connectivity index is 1.89. The number of amides is 1. The number of benzene rings is 1. The fraction of sp³-hybridized carbons (Fsp3) is 0.438. The Morgan fingerprint density at radius 2 is 2.16 bits per heavy atom. The van der Waals surface area contributed by atoms with E-state index in [1.807, 2.05) is 29.2 Å². The van der Waals surface area contributed by atoms with E-state index in [1.165, 1.54) is 0 Å². The highest BCUT2D eigenvalue weighted by atomic mass is 16.6. The largest absolute Gasteiger partial charge is 0.415 e. The van der Waals surface area contributed by atoms with Crippen molar-refractivity contribution in [3.8, 4) is 5.75 Å². The SMILES string of the molecule is C=CCC[C@@H]1CN(C(=O)Oc2ccccc2)C[C@H]1C. The van der Waals surface area contributed by atoms with Gasteiger partial charge in [-0.3, -0.25) is 0 Å². The number of ether oxygens (including phenoxy) is 1. The maximum absolute atomic E-state index is 12.1. The van der Waals surface area contributed by atoms with E-state index in [-0.39, 0.29) is 6.09 Å². The van der Waals surface area contributed by atoms with Crippen molar-refractivity contribution in [3.63, 3.8) is 0 Å². The molecule has 0 N–H and O–H groups in total. The zero-order valence-corrected chi connectivity index (χ0v) is 11.4. The van der Waals surface area contributed by atoms with Gasteiger partial charge >= 0.3 is 6.09 Å². The minimum atomic E-state index is -0.237. The molecule has 3 heteroatoms. The number of allylic oxidation sites excluding steroid dienone is 1. The molecule has 0 unspecified atom stereocenters. The van der Waals surface area contributed by atoms with Crippen molar-refractivity contribution in [1.29, 1.82) is 0 Å². The number of rotatable bonds is 4. The summed E-state index contributed by atoms with van der Waals surface area (Å²) < 4.78 is 5.37. The summed E-state index contributed by atoms with van der Waals surface area (Å²) in [6, 6.07) is 9.23. The molecule has 1 fully saturated rings. The van der Waals surface area contributed by atoms with Crippen molar-refractivity contribution in [2.75, 3.05) is 13.1 Å². The van der Waals surface area contributed by atoms with Crippen LogP contribution >= 0.6 is 0 Å². The molecule has 0 spiro atoms. The molecule has 0 aliphatic carbocycles. The van der Waals surface area contributed by atoms with Crippen LogP contribution in [-0.4, -0.2) is 24.1 Å². The van der Waals surface area contributed by atoms with E-state index in [9.17, 15) is 4.79 Å². The maximum Gasteiger partial charge on any atom is 0.415 e. The fourth-order valence-electron chi connectivity index (χ4n) is 2.54. The van der Waals surface area contributed by atoms with Gasteiger partial charge in [-0.1, -0.05) is 31.2 Å². The second-order valence-corrected chi connectivity index (χ2v) is 5.19. The van der Waals surface area contributed by atoms with Gasteiger partial charge in [-0.05, 0) is 36.8 Å². The summed E-state index contributed by atoms with van der Waals surface area (Å²) in [5.41, 5.74) is 0. The van der Waals surface area contributed by atoms with Crippen LogP contribution in [0.1, 0.15) is 19.8 Å². The van der Waals surface area contributed by atoms with Crippen molar-refractivity contribution in [1.82, 2.24) is 4.90 Å². The second-order valence-electron chi connectivity index (χ2n) is 5.19. The van der Waals surface area contributed by atoms with Crippen molar-refractivity contribution < 1.29 is 9.53 Å². The number of likely N-dealkylation sites (tertiary alicyclic amines) is 1. The number of hydrogen-bond acceptors (Lipinski definition) is 2. The molecule has 0 saturated carbocycles. The predicted octanol–water partition coefficient (Wildman–Crippen LogP) is 3.72. The Bertz CT molecular complexity index is 430. The van der Waals surface area contributed by atoms with Gasteiger partial charge in [0, 0.05) is 13.1 Å². The summed E-state index contributed by atoms with van der Waals surface area (Å²) in [5.74, 6) is 1.69. The number of para-hydroxylation sites is 1. The summed E-state index contributed by atoms with van der Waals surface area (Å²) in [5, 5.41) is 0. The first kappa shape index (κ1) is 13.7. The lowest BCUT2D eigenvalue weighted by Gasteiger charge is -2.15. The molecule has 0 radical (unpaired) electrons. The van der Waals surface area contributed by atoms with E-state index in [0.717, 1.165) is 25.9 Å². The molecular weight excluding hydrogens is 238 g/mol. The highest BCUT2D eigenvalue weighted by Crippen LogP contribution is 2.27. The van der Waals surface area contributed by atoms with Crippen LogP contribution in [0.25, 0.3) is 0 Å². The first-order valence-electron chi connectivity index (χ1n) is 6.83. The highest BCUT2D eigenvalue weighted by molar-refractivity contribution is 5.71. The van der Waals surface area contributed by atoms with Crippen molar-refractivity contribution in [3.05, 3.63) is 43.0 Å².